The van der Waals surface area contributed by atoms with E-state index in [4.69, 9.17) is 9.84 Å². The highest BCUT2D eigenvalue weighted by Gasteiger charge is 2.13. The van der Waals surface area contributed by atoms with Gasteiger partial charge in [0, 0.05) is 10.2 Å². The molecule has 0 radical (unpaired) electrons. The molecule has 1 rings (SSSR count). The van der Waals surface area contributed by atoms with E-state index in [-0.39, 0.29) is 12.5 Å². The van der Waals surface area contributed by atoms with Crippen molar-refractivity contribution in [2.75, 3.05) is 11.9 Å². The van der Waals surface area contributed by atoms with Crippen molar-refractivity contribution < 1.29 is 19.4 Å². The zero-order valence-electron chi connectivity index (χ0n) is 9.14. The number of anilines is 1. The SMILES string of the molecule is CC(OCC(=O)Nc1ccc(Br)cc1)C(=O)O. The van der Waals surface area contributed by atoms with Gasteiger partial charge < -0.3 is 15.2 Å². The summed E-state index contributed by atoms with van der Waals surface area (Å²) in [6, 6.07) is 7.03. The molecule has 0 aliphatic rings. The van der Waals surface area contributed by atoms with Crippen molar-refractivity contribution in [2.45, 2.75) is 13.0 Å². The van der Waals surface area contributed by atoms with Crippen LogP contribution >= 0.6 is 15.9 Å². The minimum absolute atomic E-state index is 0.288. The van der Waals surface area contributed by atoms with Gasteiger partial charge in [-0.05, 0) is 31.2 Å². The van der Waals surface area contributed by atoms with Gasteiger partial charge >= 0.3 is 5.97 Å². The van der Waals surface area contributed by atoms with Crippen LogP contribution in [0.3, 0.4) is 0 Å². The number of rotatable bonds is 5. The largest absolute Gasteiger partial charge is 0.479 e. The number of halogens is 1. The van der Waals surface area contributed by atoms with Gasteiger partial charge in [0.25, 0.3) is 0 Å². The van der Waals surface area contributed by atoms with Crippen LogP contribution in [0.25, 0.3) is 0 Å². The fourth-order valence-corrected chi connectivity index (χ4v) is 1.27. The van der Waals surface area contributed by atoms with Crippen molar-refractivity contribution in [1.82, 2.24) is 0 Å². The van der Waals surface area contributed by atoms with Crippen molar-refractivity contribution in [3.8, 4) is 0 Å². The maximum Gasteiger partial charge on any atom is 0.332 e. The third-order valence-electron chi connectivity index (χ3n) is 1.94. The Morgan fingerprint density at radius 2 is 2.00 bits per heavy atom. The quantitative estimate of drug-likeness (QED) is 0.870. The maximum atomic E-state index is 11.4. The normalized spacial score (nSPS) is 11.9. The van der Waals surface area contributed by atoms with E-state index in [2.05, 4.69) is 21.2 Å². The molecule has 6 heteroatoms. The second-order valence-corrected chi connectivity index (χ2v) is 4.26. The number of carboxylic acids is 1. The second-order valence-electron chi connectivity index (χ2n) is 3.35. The van der Waals surface area contributed by atoms with Gasteiger partial charge in [0.05, 0.1) is 0 Å². The molecule has 0 aliphatic heterocycles. The van der Waals surface area contributed by atoms with Gasteiger partial charge in [0.2, 0.25) is 5.91 Å². The van der Waals surface area contributed by atoms with E-state index in [0.717, 1.165) is 4.47 Å². The Hall–Kier alpha value is -1.40. The molecule has 0 bridgehead atoms. The van der Waals surface area contributed by atoms with E-state index < -0.39 is 12.1 Å². The lowest BCUT2D eigenvalue weighted by molar-refractivity contribution is -0.150. The summed E-state index contributed by atoms with van der Waals surface area (Å²) >= 11 is 3.27. The monoisotopic (exact) mass is 301 g/mol. The minimum Gasteiger partial charge on any atom is -0.479 e. The Kier molecular flexibility index (Phi) is 5.11. The number of carbonyl (C=O) groups excluding carboxylic acids is 1. The highest BCUT2D eigenvalue weighted by Crippen LogP contribution is 2.13. The Morgan fingerprint density at radius 1 is 1.41 bits per heavy atom. The van der Waals surface area contributed by atoms with Crippen LogP contribution in [0.4, 0.5) is 5.69 Å². The summed E-state index contributed by atoms with van der Waals surface area (Å²) in [6.07, 6.45) is -0.995. The molecular formula is C11H12BrNO4. The first-order valence-electron chi connectivity index (χ1n) is 4.89. The number of amides is 1. The first-order valence-corrected chi connectivity index (χ1v) is 5.68. The van der Waals surface area contributed by atoms with Crippen LogP contribution < -0.4 is 5.32 Å². The van der Waals surface area contributed by atoms with E-state index in [0.29, 0.717) is 5.69 Å². The average Bonchev–Trinajstić information content (AvgIpc) is 2.29. The number of carboxylic acid groups (broad SMARTS) is 1. The van der Waals surface area contributed by atoms with Crippen LogP contribution in [0.1, 0.15) is 6.92 Å². The molecule has 0 heterocycles. The lowest BCUT2D eigenvalue weighted by Crippen LogP contribution is -2.26. The number of benzene rings is 1. The number of hydrogen-bond donors (Lipinski definition) is 2. The Labute approximate surface area is 107 Å². The zero-order chi connectivity index (χ0) is 12.8. The summed E-state index contributed by atoms with van der Waals surface area (Å²) in [5.74, 6) is -1.48. The Morgan fingerprint density at radius 3 is 2.53 bits per heavy atom. The van der Waals surface area contributed by atoms with Gasteiger partial charge in [-0.1, -0.05) is 15.9 Å². The minimum atomic E-state index is -1.10. The molecule has 2 N–H and O–H groups in total. The average molecular weight is 302 g/mol. The fraction of sp³-hybridized carbons (Fsp3) is 0.273. The molecule has 92 valence electrons. The van der Waals surface area contributed by atoms with E-state index >= 15 is 0 Å². The highest BCUT2D eigenvalue weighted by molar-refractivity contribution is 9.10. The van der Waals surface area contributed by atoms with E-state index in [1.54, 1.807) is 24.3 Å². The molecule has 0 saturated carbocycles. The van der Waals surface area contributed by atoms with Gasteiger partial charge in [0.15, 0.2) is 6.10 Å². The molecule has 0 aromatic heterocycles. The van der Waals surface area contributed by atoms with Crippen LogP contribution in [0.15, 0.2) is 28.7 Å². The molecule has 0 saturated heterocycles. The van der Waals surface area contributed by atoms with Crippen molar-refractivity contribution in [2.24, 2.45) is 0 Å². The lowest BCUT2D eigenvalue weighted by atomic mass is 10.3. The van der Waals surface area contributed by atoms with Gasteiger partial charge in [-0.15, -0.1) is 0 Å². The van der Waals surface area contributed by atoms with E-state index in [1.807, 2.05) is 0 Å². The maximum absolute atomic E-state index is 11.4. The molecule has 0 aliphatic carbocycles. The molecule has 17 heavy (non-hydrogen) atoms. The van der Waals surface area contributed by atoms with Gasteiger partial charge in [-0.3, -0.25) is 4.79 Å². The van der Waals surface area contributed by atoms with Crippen LogP contribution in [-0.4, -0.2) is 29.7 Å². The second kappa shape index (κ2) is 6.36. The predicted octanol–water partition coefficient (Wildman–Crippen LogP) is 1.88. The predicted molar refractivity (Wildman–Crippen MR) is 65.8 cm³/mol. The van der Waals surface area contributed by atoms with Gasteiger partial charge in [0.1, 0.15) is 6.61 Å². The molecule has 1 amide bonds. The molecule has 0 spiro atoms. The molecule has 1 atom stereocenters. The van der Waals surface area contributed by atoms with E-state index in [9.17, 15) is 9.59 Å². The van der Waals surface area contributed by atoms with Gasteiger partial charge in [-0.25, -0.2) is 4.79 Å². The summed E-state index contributed by atoms with van der Waals surface area (Å²) in [4.78, 5) is 21.8. The summed E-state index contributed by atoms with van der Waals surface area (Å²) in [5, 5.41) is 11.1. The van der Waals surface area contributed by atoms with Crippen molar-refractivity contribution in [3.05, 3.63) is 28.7 Å². The Bertz CT molecular complexity index is 404. The van der Waals surface area contributed by atoms with Gasteiger partial charge in [-0.2, -0.15) is 0 Å². The first-order chi connectivity index (χ1) is 7.99. The van der Waals surface area contributed by atoms with Crippen LogP contribution in [0, 0.1) is 0 Å². The standard InChI is InChI=1S/C11H12BrNO4/c1-7(11(15)16)17-6-10(14)13-9-4-2-8(12)3-5-9/h2-5,7H,6H2,1H3,(H,13,14)(H,15,16). The summed E-state index contributed by atoms with van der Waals surface area (Å²) in [6.45, 7) is 1.08. The summed E-state index contributed by atoms with van der Waals surface area (Å²) in [7, 11) is 0. The fourth-order valence-electron chi connectivity index (χ4n) is 1.00. The molecule has 0 fully saturated rings. The summed E-state index contributed by atoms with van der Waals surface area (Å²) in [5.41, 5.74) is 0.629. The number of hydrogen-bond acceptors (Lipinski definition) is 3. The molecule has 1 aromatic carbocycles. The van der Waals surface area contributed by atoms with Crippen molar-refractivity contribution in [1.29, 1.82) is 0 Å². The number of nitrogens with one attached hydrogen (secondary N) is 1. The molecule has 5 nitrogen and oxygen atoms in total. The Balaban J connectivity index is 2.39. The number of ether oxygens (including phenoxy) is 1. The summed E-state index contributed by atoms with van der Waals surface area (Å²) < 4.78 is 5.75. The lowest BCUT2D eigenvalue weighted by Gasteiger charge is -2.08. The topological polar surface area (TPSA) is 75.6 Å². The highest BCUT2D eigenvalue weighted by atomic mass is 79.9. The van der Waals surface area contributed by atoms with E-state index in [1.165, 1.54) is 6.92 Å². The molecular weight excluding hydrogens is 290 g/mol. The van der Waals surface area contributed by atoms with Crippen molar-refractivity contribution in [3.63, 3.8) is 0 Å². The third-order valence-corrected chi connectivity index (χ3v) is 2.47. The first kappa shape index (κ1) is 13.7. The zero-order valence-corrected chi connectivity index (χ0v) is 10.7. The number of aliphatic carboxylic acids is 1. The van der Waals surface area contributed by atoms with Crippen molar-refractivity contribution >= 4 is 33.5 Å². The molecule has 1 aromatic rings. The third kappa shape index (κ3) is 4.97. The number of carbonyl (C=O) groups is 2. The van der Waals surface area contributed by atoms with Crippen LogP contribution in [0.5, 0.6) is 0 Å². The van der Waals surface area contributed by atoms with Crippen LogP contribution in [-0.2, 0) is 14.3 Å². The molecule has 1 unspecified atom stereocenters. The van der Waals surface area contributed by atoms with Crippen LogP contribution in [0.2, 0.25) is 0 Å². The smallest absolute Gasteiger partial charge is 0.332 e.